The van der Waals surface area contributed by atoms with Gasteiger partial charge in [-0.15, -0.1) is 0 Å². The van der Waals surface area contributed by atoms with Crippen molar-refractivity contribution in [3.63, 3.8) is 0 Å². The molecule has 2 atom stereocenters. The van der Waals surface area contributed by atoms with E-state index in [2.05, 4.69) is 17.6 Å². The van der Waals surface area contributed by atoms with Crippen LogP contribution in [-0.2, 0) is 23.2 Å². The van der Waals surface area contributed by atoms with Gasteiger partial charge in [-0.2, -0.15) is 13.2 Å². The standard InChI is InChI=1S/C27H27F3N6O3/c1-3-36-20-7-5-4-6-15(20)13-22(36)24-32-18-12-16(8-9-21(18)34(24)2)25(38)35-11-10-17(23(31)37)19(14-35)33-26(39)27(28,29)30/h4-9,12-13,17,19H,3,10-11,14H2,1-2H3,(H2,31,37)(H,33,39)/t17-,19+/m1/s1. The summed E-state index contributed by atoms with van der Waals surface area (Å²) in [7, 11) is 1.90. The number of carbonyl (C=O) groups excluding carboxylic acids is 3. The third-order valence-corrected chi connectivity index (χ3v) is 7.32. The molecule has 0 aliphatic carbocycles. The predicted octanol–water partition coefficient (Wildman–Crippen LogP) is 3.21. The van der Waals surface area contributed by atoms with Crippen LogP contribution in [0.25, 0.3) is 33.5 Å². The first kappa shape index (κ1) is 26.3. The summed E-state index contributed by atoms with van der Waals surface area (Å²) in [6.07, 6.45) is -5.10. The van der Waals surface area contributed by atoms with Crippen LogP contribution >= 0.6 is 0 Å². The molecular weight excluding hydrogens is 513 g/mol. The summed E-state index contributed by atoms with van der Waals surface area (Å²) in [5.74, 6) is -3.75. The molecule has 0 bridgehead atoms. The molecule has 204 valence electrons. The van der Waals surface area contributed by atoms with E-state index in [1.54, 1.807) is 18.2 Å². The Balaban J connectivity index is 1.44. The van der Waals surface area contributed by atoms with E-state index in [4.69, 9.17) is 10.7 Å². The highest BCUT2D eigenvalue weighted by Crippen LogP contribution is 2.31. The minimum atomic E-state index is -5.13. The average Bonchev–Trinajstić information content (AvgIpc) is 3.44. The Labute approximate surface area is 221 Å². The number of alkyl halides is 3. The number of nitrogens with two attached hydrogens (primary N) is 1. The number of nitrogens with zero attached hydrogens (tertiary/aromatic N) is 4. The largest absolute Gasteiger partial charge is 0.471 e. The Kier molecular flexibility index (Phi) is 6.57. The van der Waals surface area contributed by atoms with Gasteiger partial charge in [-0.3, -0.25) is 14.4 Å². The molecule has 4 aromatic rings. The zero-order valence-corrected chi connectivity index (χ0v) is 21.3. The van der Waals surface area contributed by atoms with Crippen LogP contribution in [0.2, 0.25) is 0 Å². The van der Waals surface area contributed by atoms with Crippen LogP contribution in [0.4, 0.5) is 13.2 Å². The Morgan fingerprint density at radius 2 is 1.85 bits per heavy atom. The fourth-order valence-electron chi connectivity index (χ4n) is 5.35. The molecule has 3 heterocycles. The van der Waals surface area contributed by atoms with Crippen molar-refractivity contribution < 1.29 is 27.6 Å². The van der Waals surface area contributed by atoms with E-state index in [-0.39, 0.29) is 19.5 Å². The first-order valence-electron chi connectivity index (χ1n) is 12.5. The zero-order valence-electron chi connectivity index (χ0n) is 21.3. The molecule has 3 N–H and O–H groups in total. The number of amides is 3. The number of primary amides is 1. The van der Waals surface area contributed by atoms with Gasteiger partial charge in [0.2, 0.25) is 5.91 Å². The van der Waals surface area contributed by atoms with Crippen molar-refractivity contribution in [2.24, 2.45) is 18.7 Å². The smallest absolute Gasteiger partial charge is 0.369 e. The molecule has 0 unspecified atom stereocenters. The summed E-state index contributed by atoms with van der Waals surface area (Å²) in [5.41, 5.74) is 9.06. The summed E-state index contributed by atoms with van der Waals surface area (Å²) in [5, 5.41) is 2.92. The normalized spacial score (nSPS) is 18.0. The SMILES string of the molecule is CCn1c(-c2nc3cc(C(=O)N4CC[C@@H](C(N)=O)[C@@H](NC(=O)C(F)(F)F)C4)ccc3n2C)cc2ccccc21. The van der Waals surface area contributed by atoms with Gasteiger partial charge in [0.15, 0.2) is 5.82 Å². The van der Waals surface area contributed by atoms with E-state index in [1.165, 1.54) is 4.90 Å². The highest BCUT2D eigenvalue weighted by molar-refractivity contribution is 5.98. The molecule has 0 radical (unpaired) electrons. The Morgan fingerprint density at radius 1 is 1.10 bits per heavy atom. The average molecular weight is 541 g/mol. The molecule has 5 rings (SSSR count). The number of halogens is 3. The molecule has 1 saturated heterocycles. The number of benzene rings is 2. The molecule has 1 aliphatic heterocycles. The van der Waals surface area contributed by atoms with Crippen molar-refractivity contribution in [1.29, 1.82) is 0 Å². The van der Waals surface area contributed by atoms with Crippen LogP contribution in [0.5, 0.6) is 0 Å². The van der Waals surface area contributed by atoms with Crippen molar-refractivity contribution in [3.05, 3.63) is 54.1 Å². The van der Waals surface area contributed by atoms with Crippen molar-refractivity contribution in [1.82, 2.24) is 24.3 Å². The van der Waals surface area contributed by atoms with E-state index < -0.39 is 35.9 Å². The third kappa shape index (κ3) is 4.70. The Hall–Kier alpha value is -4.35. The van der Waals surface area contributed by atoms with Gasteiger partial charge in [0.25, 0.3) is 5.91 Å². The lowest BCUT2D eigenvalue weighted by Gasteiger charge is -2.37. The fraction of sp³-hybridized carbons (Fsp3) is 0.333. The number of piperidine rings is 1. The monoisotopic (exact) mass is 540 g/mol. The number of aromatic nitrogens is 3. The number of para-hydroxylation sites is 1. The maximum absolute atomic E-state index is 13.4. The first-order valence-corrected chi connectivity index (χ1v) is 12.5. The molecule has 1 fully saturated rings. The van der Waals surface area contributed by atoms with Gasteiger partial charge >= 0.3 is 12.1 Å². The predicted molar refractivity (Wildman–Crippen MR) is 139 cm³/mol. The van der Waals surface area contributed by atoms with Crippen molar-refractivity contribution in [2.45, 2.75) is 32.1 Å². The zero-order chi connectivity index (χ0) is 28.1. The van der Waals surface area contributed by atoms with E-state index in [1.807, 2.05) is 41.2 Å². The fourth-order valence-corrected chi connectivity index (χ4v) is 5.35. The highest BCUT2D eigenvalue weighted by Gasteiger charge is 2.43. The van der Waals surface area contributed by atoms with Crippen LogP contribution < -0.4 is 11.1 Å². The molecular formula is C27H27F3N6O3. The second kappa shape index (κ2) is 9.75. The molecule has 9 nitrogen and oxygen atoms in total. The lowest BCUT2D eigenvalue weighted by molar-refractivity contribution is -0.175. The first-order chi connectivity index (χ1) is 18.5. The Morgan fingerprint density at radius 3 is 2.54 bits per heavy atom. The van der Waals surface area contributed by atoms with E-state index in [9.17, 15) is 27.6 Å². The molecule has 2 aromatic heterocycles. The summed E-state index contributed by atoms with van der Waals surface area (Å²) in [6, 6.07) is 13.9. The van der Waals surface area contributed by atoms with Gasteiger partial charge in [-0.25, -0.2) is 4.98 Å². The van der Waals surface area contributed by atoms with Crippen LogP contribution in [0.1, 0.15) is 23.7 Å². The van der Waals surface area contributed by atoms with Gasteiger partial charge < -0.3 is 25.1 Å². The van der Waals surface area contributed by atoms with Crippen molar-refractivity contribution >= 4 is 39.7 Å². The molecule has 39 heavy (non-hydrogen) atoms. The molecule has 0 spiro atoms. The number of hydrogen-bond donors (Lipinski definition) is 2. The summed E-state index contributed by atoms with van der Waals surface area (Å²) in [6.45, 7) is 2.62. The number of rotatable bonds is 5. The van der Waals surface area contributed by atoms with Crippen molar-refractivity contribution in [3.8, 4) is 11.5 Å². The number of imidazole rings is 1. The number of hydrogen-bond acceptors (Lipinski definition) is 4. The minimum Gasteiger partial charge on any atom is -0.369 e. The van der Waals surface area contributed by atoms with Gasteiger partial charge in [0.05, 0.1) is 28.7 Å². The van der Waals surface area contributed by atoms with Crippen LogP contribution in [0.15, 0.2) is 48.5 Å². The van der Waals surface area contributed by atoms with Gasteiger partial charge in [0.1, 0.15) is 0 Å². The number of likely N-dealkylation sites (tertiary alicyclic amines) is 1. The van der Waals surface area contributed by atoms with Crippen LogP contribution in [0.3, 0.4) is 0 Å². The lowest BCUT2D eigenvalue weighted by atomic mass is 9.90. The number of fused-ring (bicyclic) bond motifs is 2. The van der Waals surface area contributed by atoms with Gasteiger partial charge in [-0.05, 0) is 43.7 Å². The number of carbonyl (C=O) groups is 3. The number of nitrogens with one attached hydrogen (secondary N) is 1. The maximum Gasteiger partial charge on any atom is 0.471 e. The Bertz CT molecular complexity index is 1610. The molecule has 3 amide bonds. The second-order valence-electron chi connectivity index (χ2n) is 9.66. The third-order valence-electron chi connectivity index (χ3n) is 7.32. The van der Waals surface area contributed by atoms with E-state index in [0.717, 1.165) is 34.5 Å². The van der Waals surface area contributed by atoms with E-state index in [0.29, 0.717) is 11.1 Å². The summed E-state index contributed by atoms with van der Waals surface area (Å²) in [4.78, 5) is 42.9. The quantitative estimate of drug-likeness (QED) is 0.405. The number of aryl methyl sites for hydroxylation is 2. The van der Waals surface area contributed by atoms with Gasteiger partial charge in [-0.1, -0.05) is 18.2 Å². The molecule has 0 saturated carbocycles. The van der Waals surface area contributed by atoms with Crippen molar-refractivity contribution in [2.75, 3.05) is 13.1 Å². The van der Waals surface area contributed by atoms with Crippen LogP contribution in [0, 0.1) is 5.92 Å². The highest BCUT2D eigenvalue weighted by atomic mass is 19.4. The molecule has 2 aromatic carbocycles. The second-order valence-corrected chi connectivity index (χ2v) is 9.66. The minimum absolute atomic E-state index is 0.0292. The maximum atomic E-state index is 13.4. The molecule has 12 heteroatoms. The topological polar surface area (TPSA) is 115 Å². The van der Waals surface area contributed by atoms with E-state index >= 15 is 0 Å². The molecule has 1 aliphatic rings. The summed E-state index contributed by atoms with van der Waals surface area (Å²) >= 11 is 0. The lowest BCUT2D eigenvalue weighted by Crippen LogP contribution is -2.58. The summed E-state index contributed by atoms with van der Waals surface area (Å²) < 4.78 is 42.7. The van der Waals surface area contributed by atoms with Crippen LogP contribution in [-0.4, -0.2) is 62.0 Å². The van der Waals surface area contributed by atoms with Gasteiger partial charge in [0, 0.05) is 43.1 Å².